The molecule has 2 nitrogen and oxygen atoms in total. The van der Waals surface area contributed by atoms with Crippen LogP contribution in [0.5, 0.6) is 0 Å². The second-order valence-corrected chi connectivity index (χ2v) is 23.1. The average Bonchev–Trinajstić information content (AvgIpc) is 3.75. The summed E-state index contributed by atoms with van der Waals surface area (Å²) in [6, 6.07) is 17.7. The summed E-state index contributed by atoms with van der Waals surface area (Å²) in [6.07, 6.45) is 13.3. The first kappa shape index (κ1) is 23.5. The van der Waals surface area contributed by atoms with Crippen LogP contribution in [-0.2, 0) is 9.47 Å². The van der Waals surface area contributed by atoms with Crippen molar-refractivity contribution in [2.24, 2.45) is 11.8 Å². The lowest BCUT2D eigenvalue weighted by Crippen LogP contribution is -2.42. The minimum atomic E-state index is -1.43. The van der Waals surface area contributed by atoms with E-state index in [1.807, 2.05) is 0 Å². The van der Waals surface area contributed by atoms with Crippen molar-refractivity contribution in [2.45, 2.75) is 114 Å². The molecule has 34 heavy (non-hydrogen) atoms. The van der Waals surface area contributed by atoms with Crippen LogP contribution in [0.3, 0.4) is 0 Å². The summed E-state index contributed by atoms with van der Waals surface area (Å²) in [6.45, 7) is 10.4. The Kier molecular flexibility index (Phi) is 6.11. The molecule has 6 rings (SSSR count). The fourth-order valence-electron chi connectivity index (χ4n) is 7.01. The van der Waals surface area contributed by atoms with Gasteiger partial charge in [0.1, 0.15) is 0 Å². The lowest BCUT2D eigenvalue weighted by Gasteiger charge is -2.28. The Morgan fingerprint density at radius 1 is 0.618 bits per heavy atom. The van der Waals surface area contributed by atoms with Gasteiger partial charge in [0.05, 0.1) is 40.6 Å². The van der Waals surface area contributed by atoms with Gasteiger partial charge in [0.2, 0.25) is 0 Å². The van der Waals surface area contributed by atoms with Gasteiger partial charge in [0.25, 0.3) is 0 Å². The maximum atomic E-state index is 5.78. The summed E-state index contributed by atoms with van der Waals surface area (Å²) in [4.78, 5) is 0. The van der Waals surface area contributed by atoms with Gasteiger partial charge >= 0.3 is 0 Å². The third-order valence-electron chi connectivity index (χ3n) is 9.98. The van der Waals surface area contributed by atoms with Crippen LogP contribution in [0.4, 0.5) is 0 Å². The van der Waals surface area contributed by atoms with Crippen molar-refractivity contribution in [1.29, 1.82) is 0 Å². The lowest BCUT2D eigenvalue weighted by molar-refractivity contribution is 0.357. The highest BCUT2D eigenvalue weighted by Crippen LogP contribution is 2.42. The fraction of sp³-hybridized carbons (Fsp3) is 0.667. The Morgan fingerprint density at radius 3 is 1.53 bits per heavy atom. The maximum absolute atomic E-state index is 5.78. The minimum Gasteiger partial charge on any atom is -0.370 e. The van der Waals surface area contributed by atoms with Gasteiger partial charge < -0.3 is 9.47 Å². The molecule has 2 saturated carbocycles. The molecule has 4 aliphatic rings. The van der Waals surface area contributed by atoms with E-state index in [0.717, 1.165) is 11.8 Å². The summed E-state index contributed by atoms with van der Waals surface area (Å²) in [5.41, 5.74) is 0. The van der Waals surface area contributed by atoms with E-state index in [2.05, 4.69) is 62.6 Å². The first-order chi connectivity index (χ1) is 16.3. The van der Waals surface area contributed by atoms with Gasteiger partial charge in [-0.25, -0.2) is 0 Å². The molecule has 0 radical (unpaired) electrons. The smallest absolute Gasteiger partial charge is 0.0844 e. The zero-order valence-corrected chi connectivity index (χ0v) is 23.8. The molecular weight excluding hydrogens is 449 g/mol. The summed E-state index contributed by atoms with van der Waals surface area (Å²) >= 11 is 0. The van der Waals surface area contributed by atoms with Crippen LogP contribution in [0, 0.1) is 11.8 Å². The molecule has 2 saturated heterocycles. The highest BCUT2D eigenvalue weighted by Gasteiger charge is 2.44. The Bertz CT molecular complexity index is 969. The van der Waals surface area contributed by atoms with E-state index in [4.69, 9.17) is 9.47 Å². The number of ether oxygens (including phenoxy) is 2. The molecule has 0 amide bonds. The topological polar surface area (TPSA) is 25.1 Å². The zero-order chi connectivity index (χ0) is 23.5. The standard InChI is InChI=1S/C30H44O2Si2/c1-33(2,15-13-21-5-11-27-29(17-21)31-27)25-9-7-23-8-10-26(20-24(23)19-25)34(3,4)16-14-22-6-12-28-30(18-22)32-28/h7-10,19-22,27-30H,5-6,11-18H2,1-4H3. The van der Waals surface area contributed by atoms with Crippen molar-refractivity contribution < 1.29 is 9.47 Å². The van der Waals surface area contributed by atoms with E-state index in [1.165, 1.54) is 74.2 Å². The SMILES string of the molecule is C[Si](C)(CCC1CCC2OC2C1)c1ccc2ccc([Si](C)(C)CCC3CCC4OC4C3)cc2c1. The minimum absolute atomic E-state index is 0.618. The molecule has 4 fully saturated rings. The van der Waals surface area contributed by atoms with Crippen molar-refractivity contribution in [3.05, 3.63) is 36.4 Å². The summed E-state index contributed by atoms with van der Waals surface area (Å²) in [5.74, 6) is 1.80. The van der Waals surface area contributed by atoms with E-state index in [-0.39, 0.29) is 0 Å². The van der Waals surface area contributed by atoms with Crippen molar-refractivity contribution in [3.63, 3.8) is 0 Å². The van der Waals surface area contributed by atoms with Crippen LogP contribution in [0.15, 0.2) is 36.4 Å². The summed E-state index contributed by atoms with van der Waals surface area (Å²) in [7, 11) is -2.87. The van der Waals surface area contributed by atoms with Crippen LogP contribution in [-0.4, -0.2) is 40.6 Å². The zero-order valence-electron chi connectivity index (χ0n) is 21.8. The van der Waals surface area contributed by atoms with E-state index >= 15 is 0 Å². The lowest BCUT2D eigenvalue weighted by atomic mass is 9.87. The predicted octanol–water partition coefficient (Wildman–Crippen LogP) is 6.59. The Labute approximate surface area is 208 Å². The van der Waals surface area contributed by atoms with Crippen LogP contribution >= 0.6 is 0 Å². The Morgan fingerprint density at radius 2 is 1.09 bits per heavy atom. The molecule has 4 heteroatoms. The van der Waals surface area contributed by atoms with E-state index in [0.29, 0.717) is 24.4 Å². The van der Waals surface area contributed by atoms with Crippen LogP contribution in [0.1, 0.15) is 51.4 Å². The van der Waals surface area contributed by atoms with Crippen molar-refractivity contribution in [1.82, 2.24) is 0 Å². The van der Waals surface area contributed by atoms with Gasteiger partial charge in [-0.3, -0.25) is 0 Å². The first-order valence-corrected chi connectivity index (χ1v) is 20.5. The van der Waals surface area contributed by atoms with Crippen molar-refractivity contribution >= 4 is 37.3 Å². The van der Waals surface area contributed by atoms with E-state index in [1.54, 1.807) is 10.4 Å². The summed E-state index contributed by atoms with van der Waals surface area (Å²) in [5, 5.41) is 6.19. The van der Waals surface area contributed by atoms with Gasteiger partial charge in [0.15, 0.2) is 0 Å². The normalized spacial score (nSPS) is 32.8. The third-order valence-corrected chi connectivity index (χ3v) is 16.8. The molecule has 0 bridgehead atoms. The van der Waals surface area contributed by atoms with E-state index in [9.17, 15) is 0 Å². The van der Waals surface area contributed by atoms with Gasteiger partial charge in [-0.2, -0.15) is 0 Å². The fourth-order valence-corrected chi connectivity index (χ4v) is 12.0. The highest BCUT2D eigenvalue weighted by molar-refractivity contribution is 6.90. The number of benzene rings is 2. The molecule has 2 aromatic carbocycles. The van der Waals surface area contributed by atoms with Crippen LogP contribution in [0.2, 0.25) is 38.3 Å². The van der Waals surface area contributed by atoms with Gasteiger partial charge in [0, 0.05) is 0 Å². The third kappa shape index (κ3) is 4.98. The Balaban J connectivity index is 1.13. The maximum Gasteiger partial charge on any atom is 0.0844 e. The first-order valence-electron chi connectivity index (χ1n) is 14.1. The second-order valence-electron chi connectivity index (χ2n) is 13.4. The number of rotatable bonds is 8. The highest BCUT2D eigenvalue weighted by atomic mass is 28.3. The molecular formula is C30H44O2Si2. The van der Waals surface area contributed by atoms with Crippen molar-refractivity contribution in [2.75, 3.05) is 0 Å². The van der Waals surface area contributed by atoms with Crippen molar-refractivity contribution in [3.8, 4) is 0 Å². The molecule has 0 spiro atoms. The molecule has 2 heterocycles. The monoisotopic (exact) mass is 492 g/mol. The quantitative estimate of drug-likeness (QED) is 0.307. The van der Waals surface area contributed by atoms with Gasteiger partial charge in [-0.05, 0) is 61.1 Å². The van der Waals surface area contributed by atoms with Crippen LogP contribution < -0.4 is 10.4 Å². The molecule has 2 aliphatic heterocycles. The molecule has 2 aliphatic carbocycles. The second kappa shape index (κ2) is 8.86. The molecule has 6 unspecified atom stereocenters. The van der Waals surface area contributed by atoms with Gasteiger partial charge in [-0.1, -0.05) is 97.9 Å². The Hall–Kier alpha value is -0.946. The molecule has 2 aromatic rings. The predicted molar refractivity (Wildman–Crippen MR) is 149 cm³/mol. The van der Waals surface area contributed by atoms with Gasteiger partial charge in [-0.15, -0.1) is 0 Å². The number of hydrogen-bond acceptors (Lipinski definition) is 2. The van der Waals surface area contributed by atoms with E-state index < -0.39 is 16.1 Å². The molecule has 0 aromatic heterocycles. The van der Waals surface area contributed by atoms with Crippen LogP contribution in [0.25, 0.3) is 10.8 Å². The largest absolute Gasteiger partial charge is 0.370 e. The molecule has 6 atom stereocenters. The number of epoxide rings is 2. The molecule has 0 N–H and O–H groups in total. The molecule has 184 valence electrons. The summed E-state index contributed by atoms with van der Waals surface area (Å²) < 4.78 is 11.6. The number of fused-ring (bicyclic) bond motifs is 3. The number of hydrogen-bond donors (Lipinski definition) is 0. The average molecular weight is 493 g/mol.